The Hall–Kier alpha value is -1.06. The van der Waals surface area contributed by atoms with Crippen LogP contribution in [0, 0.1) is 0 Å². The third kappa shape index (κ3) is 1.62. The maximum absolute atomic E-state index is 14.1. The molecule has 1 heterocycles. The SMILES string of the molecule is O=C1OC=CC1(F)c1ccc(Cl)c(Cl)c1. The number of cyclic esters (lactones) is 1. The third-order valence-electron chi connectivity index (χ3n) is 2.11. The van der Waals surface area contributed by atoms with Crippen molar-refractivity contribution in [1.29, 1.82) is 0 Å². The Morgan fingerprint density at radius 1 is 1.27 bits per heavy atom. The van der Waals surface area contributed by atoms with Gasteiger partial charge in [0.25, 0.3) is 5.67 Å². The minimum absolute atomic E-state index is 0.107. The number of carbonyl (C=O) groups excluding carboxylic acids is 1. The zero-order chi connectivity index (χ0) is 11.1. The Bertz CT molecular complexity index is 459. The number of rotatable bonds is 1. The summed E-state index contributed by atoms with van der Waals surface area (Å²) in [5.41, 5.74) is -2.15. The average molecular weight is 247 g/mol. The summed E-state index contributed by atoms with van der Waals surface area (Å²) in [7, 11) is 0. The van der Waals surface area contributed by atoms with E-state index in [1.807, 2.05) is 0 Å². The number of alkyl halides is 1. The first-order chi connectivity index (χ1) is 7.04. The highest BCUT2D eigenvalue weighted by Gasteiger charge is 2.43. The van der Waals surface area contributed by atoms with Gasteiger partial charge in [-0.15, -0.1) is 0 Å². The number of ether oxygens (including phenoxy) is 1. The highest BCUT2D eigenvalue weighted by Crippen LogP contribution is 2.36. The van der Waals surface area contributed by atoms with E-state index in [-0.39, 0.29) is 10.6 Å². The fraction of sp³-hybridized carbons (Fsp3) is 0.100. The van der Waals surface area contributed by atoms with Gasteiger partial charge < -0.3 is 4.74 Å². The van der Waals surface area contributed by atoms with Crippen molar-refractivity contribution in [2.24, 2.45) is 0 Å². The summed E-state index contributed by atoms with van der Waals surface area (Å²) in [6.07, 6.45) is 2.06. The molecule has 1 aromatic rings. The van der Waals surface area contributed by atoms with E-state index < -0.39 is 11.6 Å². The first-order valence-electron chi connectivity index (χ1n) is 4.07. The molecule has 0 aliphatic carbocycles. The number of hydrogen-bond acceptors (Lipinski definition) is 2. The third-order valence-corrected chi connectivity index (χ3v) is 2.85. The van der Waals surface area contributed by atoms with Crippen molar-refractivity contribution in [2.75, 3.05) is 0 Å². The molecule has 1 unspecified atom stereocenters. The molecule has 15 heavy (non-hydrogen) atoms. The summed E-state index contributed by atoms with van der Waals surface area (Å²) in [4.78, 5) is 11.2. The van der Waals surface area contributed by atoms with Crippen molar-refractivity contribution in [3.63, 3.8) is 0 Å². The van der Waals surface area contributed by atoms with Gasteiger partial charge in [0.05, 0.1) is 16.3 Å². The Balaban J connectivity index is 2.50. The molecule has 0 aromatic heterocycles. The van der Waals surface area contributed by atoms with Gasteiger partial charge in [-0.3, -0.25) is 0 Å². The van der Waals surface area contributed by atoms with Crippen LogP contribution in [0.4, 0.5) is 4.39 Å². The van der Waals surface area contributed by atoms with E-state index in [2.05, 4.69) is 4.74 Å². The van der Waals surface area contributed by atoms with Crippen molar-refractivity contribution in [3.8, 4) is 0 Å². The van der Waals surface area contributed by atoms with E-state index in [1.165, 1.54) is 18.2 Å². The Morgan fingerprint density at radius 3 is 2.53 bits per heavy atom. The van der Waals surface area contributed by atoms with Gasteiger partial charge in [0.2, 0.25) is 0 Å². The zero-order valence-corrected chi connectivity index (χ0v) is 8.85. The van der Waals surface area contributed by atoms with Crippen LogP contribution in [-0.2, 0) is 15.2 Å². The van der Waals surface area contributed by atoms with Gasteiger partial charge in [0.1, 0.15) is 0 Å². The average Bonchev–Trinajstić information content (AvgIpc) is 2.53. The number of esters is 1. The monoisotopic (exact) mass is 246 g/mol. The summed E-state index contributed by atoms with van der Waals surface area (Å²) in [6.45, 7) is 0. The molecule has 0 saturated heterocycles. The minimum atomic E-state index is -2.26. The van der Waals surface area contributed by atoms with Crippen LogP contribution in [0.3, 0.4) is 0 Å². The summed E-state index contributed by atoms with van der Waals surface area (Å²) >= 11 is 11.4. The van der Waals surface area contributed by atoms with Crippen molar-refractivity contribution in [1.82, 2.24) is 0 Å². The van der Waals surface area contributed by atoms with E-state index in [4.69, 9.17) is 23.2 Å². The molecule has 0 saturated carbocycles. The number of hydrogen-bond donors (Lipinski definition) is 0. The van der Waals surface area contributed by atoms with E-state index in [0.717, 1.165) is 12.3 Å². The topological polar surface area (TPSA) is 26.3 Å². The maximum atomic E-state index is 14.1. The Kier molecular flexibility index (Phi) is 2.44. The van der Waals surface area contributed by atoms with Gasteiger partial charge in [-0.25, -0.2) is 9.18 Å². The van der Waals surface area contributed by atoms with Gasteiger partial charge in [-0.1, -0.05) is 29.3 Å². The van der Waals surface area contributed by atoms with E-state index in [1.54, 1.807) is 0 Å². The number of benzene rings is 1. The van der Waals surface area contributed by atoms with E-state index in [9.17, 15) is 9.18 Å². The second-order valence-corrected chi connectivity index (χ2v) is 3.86. The molecule has 0 bridgehead atoms. The van der Waals surface area contributed by atoms with Crippen LogP contribution >= 0.6 is 23.2 Å². The molecule has 1 aliphatic heterocycles. The first kappa shape index (κ1) is 10.5. The van der Waals surface area contributed by atoms with Gasteiger partial charge in [0, 0.05) is 11.6 Å². The fourth-order valence-electron chi connectivity index (χ4n) is 1.28. The standard InChI is InChI=1S/C10H5Cl2FO2/c11-7-2-1-6(5-8(7)12)10(13)3-4-15-9(10)14/h1-5H. The molecular formula is C10H5Cl2FO2. The molecule has 1 atom stereocenters. The molecule has 2 nitrogen and oxygen atoms in total. The minimum Gasteiger partial charge on any atom is -0.432 e. The lowest BCUT2D eigenvalue weighted by Crippen LogP contribution is -2.25. The smallest absolute Gasteiger partial charge is 0.357 e. The predicted molar refractivity (Wildman–Crippen MR) is 54.5 cm³/mol. The quantitative estimate of drug-likeness (QED) is 0.712. The highest BCUT2D eigenvalue weighted by atomic mass is 35.5. The lowest BCUT2D eigenvalue weighted by molar-refractivity contribution is -0.145. The molecule has 1 aliphatic rings. The van der Waals surface area contributed by atoms with Gasteiger partial charge in [-0.05, 0) is 12.1 Å². The van der Waals surface area contributed by atoms with Crippen molar-refractivity contribution >= 4 is 29.2 Å². The molecule has 0 radical (unpaired) electrons. The molecule has 0 N–H and O–H groups in total. The first-order valence-corrected chi connectivity index (χ1v) is 4.83. The van der Waals surface area contributed by atoms with Crippen LogP contribution in [0.5, 0.6) is 0 Å². The normalized spacial score (nSPS) is 24.3. The number of carbonyl (C=O) groups is 1. The highest BCUT2D eigenvalue weighted by molar-refractivity contribution is 6.42. The summed E-state index contributed by atoms with van der Waals surface area (Å²) in [5.74, 6) is -0.971. The predicted octanol–water partition coefficient (Wildman–Crippen LogP) is 3.23. The Labute approximate surface area is 95.2 Å². The van der Waals surface area contributed by atoms with Crippen LogP contribution in [-0.4, -0.2) is 5.97 Å². The van der Waals surface area contributed by atoms with Crippen molar-refractivity contribution in [2.45, 2.75) is 5.67 Å². The molecule has 0 fully saturated rings. The number of halogens is 3. The van der Waals surface area contributed by atoms with E-state index >= 15 is 0 Å². The molecule has 78 valence electrons. The fourth-order valence-corrected chi connectivity index (χ4v) is 1.58. The second-order valence-electron chi connectivity index (χ2n) is 3.05. The Morgan fingerprint density at radius 2 is 2.00 bits per heavy atom. The lowest BCUT2D eigenvalue weighted by Gasteiger charge is -2.14. The van der Waals surface area contributed by atoms with Crippen molar-refractivity contribution < 1.29 is 13.9 Å². The second kappa shape index (κ2) is 3.51. The van der Waals surface area contributed by atoms with Gasteiger partial charge >= 0.3 is 5.97 Å². The summed E-state index contributed by atoms with van der Waals surface area (Å²) < 4.78 is 18.5. The van der Waals surface area contributed by atoms with Crippen LogP contribution < -0.4 is 0 Å². The lowest BCUT2D eigenvalue weighted by atomic mass is 9.97. The molecule has 5 heteroatoms. The molecular weight excluding hydrogens is 242 g/mol. The largest absolute Gasteiger partial charge is 0.432 e. The van der Waals surface area contributed by atoms with Crippen molar-refractivity contribution in [3.05, 3.63) is 46.1 Å². The molecule has 0 spiro atoms. The molecule has 0 amide bonds. The van der Waals surface area contributed by atoms with E-state index in [0.29, 0.717) is 5.02 Å². The van der Waals surface area contributed by atoms with Gasteiger partial charge in [-0.2, -0.15) is 0 Å². The zero-order valence-electron chi connectivity index (χ0n) is 7.34. The van der Waals surface area contributed by atoms with Crippen LogP contribution in [0.1, 0.15) is 5.56 Å². The van der Waals surface area contributed by atoms with Crippen LogP contribution in [0.25, 0.3) is 0 Å². The summed E-state index contributed by atoms with van der Waals surface area (Å²) in [6, 6.07) is 4.13. The van der Waals surface area contributed by atoms with Crippen LogP contribution in [0.2, 0.25) is 10.0 Å². The van der Waals surface area contributed by atoms with Crippen LogP contribution in [0.15, 0.2) is 30.5 Å². The molecule has 1 aromatic carbocycles. The van der Waals surface area contributed by atoms with Gasteiger partial charge in [0.15, 0.2) is 0 Å². The molecule has 2 rings (SSSR count). The maximum Gasteiger partial charge on any atom is 0.357 e. The summed E-state index contributed by atoms with van der Waals surface area (Å²) in [5, 5.41) is 0.499.